The van der Waals surface area contributed by atoms with Crippen LogP contribution in [-0.4, -0.2) is 52.0 Å². The molecule has 0 atom stereocenters. The largest absolute Gasteiger partial charge is 2.00 e. The molecule has 9 heteroatoms. The summed E-state index contributed by atoms with van der Waals surface area (Å²) in [6.45, 7) is 9.94. The van der Waals surface area contributed by atoms with Gasteiger partial charge in [-0.25, -0.2) is 9.59 Å². The quantitative estimate of drug-likeness (QED) is 0.132. The van der Waals surface area contributed by atoms with Crippen LogP contribution in [0.4, 0.5) is 0 Å². The molecular weight excluding hydrogens is 428 g/mol. The van der Waals surface area contributed by atoms with E-state index in [0.29, 0.717) is 6.42 Å². The molecule has 0 aromatic heterocycles. The van der Waals surface area contributed by atoms with Crippen LogP contribution in [0.15, 0.2) is 24.0 Å². The van der Waals surface area contributed by atoms with Crippen molar-refractivity contribution in [2.45, 2.75) is 72.6 Å². The van der Waals surface area contributed by atoms with E-state index in [1.807, 2.05) is 0 Å². The molecule has 0 heterocycles. The molecule has 163 valence electrons. The molecule has 0 saturated heterocycles. The fourth-order valence-corrected chi connectivity index (χ4v) is 1.40. The Bertz CT molecular complexity index is 541. The topological polar surface area (TPSA) is 107 Å². The minimum atomic E-state index is -1.07. The van der Waals surface area contributed by atoms with Gasteiger partial charge in [-0.05, 0) is 20.3 Å². The van der Waals surface area contributed by atoms with E-state index in [2.05, 4.69) is 23.0 Å². The van der Waals surface area contributed by atoms with Gasteiger partial charge in [0.1, 0.15) is 6.26 Å². The minimum absolute atomic E-state index is 0. The number of aliphatic carboxylic acids is 1. The van der Waals surface area contributed by atoms with Crippen LogP contribution in [0.5, 0.6) is 0 Å². The summed E-state index contributed by atoms with van der Waals surface area (Å²) in [7, 11) is 0. The van der Waals surface area contributed by atoms with Gasteiger partial charge in [0.15, 0.2) is 0 Å². The van der Waals surface area contributed by atoms with E-state index in [1.54, 1.807) is 6.92 Å². The van der Waals surface area contributed by atoms with Crippen molar-refractivity contribution in [3.05, 3.63) is 24.0 Å². The zero-order valence-corrected chi connectivity index (χ0v) is 19.5. The SMILES string of the molecule is C=C(C)C(=O)OC(=O)CC.CCCCCCCC(=O)OC=C(C)C(=O)O.[Cu].[H-].[H-].[Mg+2]. The third kappa shape index (κ3) is 22.9. The number of hydrogen-bond donors (Lipinski definition) is 1. The van der Waals surface area contributed by atoms with Gasteiger partial charge in [0.2, 0.25) is 0 Å². The van der Waals surface area contributed by atoms with Crippen molar-refractivity contribution in [1.82, 2.24) is 0 Å². The summed E-state index contributed by atoms with van der Waals surface area (Å²) < 4.78 is 8.97. The number of hydrogen-bond acceptors (Lipinski definition) is 6. The van der Waals surface area contributed by atoms with Gasteiger partial charge in [0.05, 0.1) is 5.57 Å². The summed E-state index contributed by atoms with van der Waals surface area (Å²) in [6, 6.07) is 0. The van der Waals surface area contributed by atoms with Crippen LogP contribution in [0.25, 0.3) is 0 Å². The number of carbonyl (C=O) groups is 4. The molecule has 1 N–H and O–H groups in total. The Labute approximate surface area is 196 Å². The van der Waals surface area contributed by atoms with Gasteiger partial charge in [-0.2, -0.15) is 0 Å². The van der Waals surface area contributed by atoms with E-state index < -0.39 is 17.9 Å². The van der Waals surface area contributed by atoms with Gasteiger partial charge in [0, 0.05) is 35.5 Å². The average molecular weight is 460 g/mol. The summed E-state index contributed by atoms with van der Waals surface area (Å²) in [6.07, 6.45) is 6.87. The molecule has 0 aromatic rings. The average Bonchev–Trinajstić information content (AvgIpc) is 2.59. The predicted octanol–water partition coefficient (Wildman–Crippen LogP) is 3.76. The maximum Gasteiger partial charge on any atom is 2.00 e. The second kappa shape index (κ2) is 22.1. The van der Waals surface area contributed by atoms with E-state index in [-0.39, 0.29) is 66.5 Å². The van der Waals surface area contributed by atoms with Crippen molar-refractivity contribution in [2.24, 2.45) is 0 Å². The summed E-state index contributed by atoms with van der Waals surface area (Å²) in [5.41, 5.74) is 0.265. The number of rotatable bonds is 10. The zero-order valence-electron chi connectivity index (χ0n) is 19.1. The van der Waals surface area contributed by atoms with Gasteiger partial charge in [0.25, 0.3) is 0 Å². The maximum atomic E-state index is 11.1. The molecule has 0 aliphatic rings. The Morgan fingerprint density at radius 2 is 1.54 bits per heavy atom. The Hall–Kier alpha value is -1.15. The molecule has 0 bridgehead atoms. The van der Waals surface area contributed by atoms with Crippen molar-refractivity contribution in [1.29, 1.82) is 0 Å². The fourth-order valence-electron chi connectivity index (χ4n) is 1.40. The zero-order chi connectivity index (χ0) is 20.5. The number of esters is 3. The monoisotopic (exact) mass is 459 g/mol. The third-order valence-corrected chi connectivity index (χ3v) is 3.03. The number of carbonyl (C=O) groups excluding carboxylic acids is 3. The van der Waals surface area contributed by atoms with Crippen LogP contribution in [0.3, 0.4) is 0 Å². The van der Waals surface area contributed by atoms with Gasteiger partial charge in [-0.15, -0.1) is 0 Å². The molecule has 0 fully saturated rings. The second-order valence-corrected chi connectivity index (χ2v) is 5.66. The van der Waals surface area contributed by atoms with Crippen molar-refractivity contribution >= 4 is 46.9 Å². The van der Waals surface area contributed by atoms with Gasteiger partial charge >= 0.3 is 46.9 Å². The number of carboxylic acids is 1. The fraction of sp³-hybridized carbons (Fsp3) is 0.579. The first-order chi connectivity index (χ1) is 12.1. The Balaban J connectivity index is -0.0000000913. The molecule has 0 unspecified atom stereocenters. The smallest absolute Gasteiger partial charge is 1.00 e. The van der Waals surface area contributed by atoms with Crippen LogP contribution in [-0.2, 0) is 45.7 Å². The van der Waals surface area contributed by atoms with Gasteiger partial charge < -0.3 is 17.4 Å². The summed E-state index contributed by atoms with van der Waals surface area (Å²) in [5.74, 6) is -2.60. The summed E-state index contributed by atoms with van der Waals surface area (Å²) in [5, 5.41) is 8.51. The number of unbranched alkanes of at least 4 members (excludes halogenated alkanes) is 4. The van der Waals surface area contributed by atoms with E-state index in [4.69, 9.17) is 5.11 Å². The number of carboxylic acid groups (broad SMARTS) is 1. The summed E-state index contributed by atoms with van der Waals surface area (Å²) >= 11 is 0. The Morgan fingerprint density at radius 1 is 1.00 bits per heavy atom. The van der Waals surface area contributed by atoms with Crippen molar-refractivity contribution in [2.75, 3.05) is 0 Å². The number of ether oxygens (including phenoxy) is 2. The molecule has 28 heavy (non-hydrogen) atoms. The molecule has 1 radical (unpaired) electrons. The third-order valence-electron chi connectivity index (χ3n) is 3.03. The van der Waals surface area contributed by atoms with Crippen molar-refractivity contribution in [3.63, 3.8) is 0 Å². The molecule has 0 amide bonds. The molecule has 0 saturated carbocycles. The maximum absolute atomic E-state index is 11.1. The molecule has 0 aliphatic carbocycles. The molecule has 0 spiro atoms. The predicted molar refractivity (Wildman–Crippen MR) is 105 cm³/mol. The van der Waals surface area contributed by atoms with E-state index >= 15 is 0 Å². The van der Waals surface area contributed by atoms with Crippen molar-refractivity contribution in [3.8, 4) is 0 Å². The molecule has 7 nitrogen and oxygen atoms in total. The minimum Gasteiger partial charge on any atom is -1.00 e. The molecular formula is C19H32CuMgO7. The first kappa shape index (κ1) is 34.4. The van der Waals surface area contributed by atoms with E-state index in [9.17, 15) is 19.2 Å². The molecule has 0 aliphatic heterocycles. The second-order valence-electron chi connectivity index (χ2n) is 5.66. The normalized spacial score (nSPS) is 9.50. The van der Waals surface area contributed by atoms with Gasteiger partial charge in [-0.1, -0.05) is 46.1 Å². The van der Waals surface area contributed by atoms with E-state index in [0.717, 1.165) is 25.5 Å². The van der Waals surface area contributed by atoms with Crippen LogP contribution < -0.4 is 0 Å². The van der Waals surface area contributed by atoms with Gasteiger partial charge in [-0.3, -0.25) is 9.59 Å². The molecule has 0 aromatic carbocycles. The first-order valence-electron chi connectivity index (χ1n) is 8.65. The summed E-state index contributed by atoms with van der Waals surface area (Å²) in [4.78, 5) is 42.5. The van der Waals surface area contributed by atoms with Crippen molar-refractivity contribution < 1.29 is 53.7 Å². The van der Waals surface area contributed by atoms with Crippen LogP contribution in [0, 0.1) is 0 Å². The first-order valence-corrected chi connectivity index (χ1v) is 8.65. The Kier molecular flexibility index (Phi) is 27.2. The van der Waals surface area contributed by atoms with E-state index in [1.165, 1.54) is 26.7 Å². The molecule has 0 rings (SSSR count). The Morgan fingerprint density at radius 3 is 1.96 bits per heavy atom. The van der Waals surface area contributed by atoms with Crippen LogP contribution in [0.2, 0.25) is 0 Å². The van der Waals surface area contributed by atoms with Crippen LogP contribution >= 0.6 is 0 Å². The standard InChI is InChI=1S/C12H20O4.C7H10O3.Cu.Mg.2H/c1-3-4-5-6-7-8-11(13)16-9-10(2)12(14)15;1-4-6(8)10-7(9)5(2)3;;;;/h9H,3-8H2,1-2H3,(H,14,15);2,4H2,1,3H3;;;;/q;;;+2;2*-1. The van der Waals surface area contributed by atoms with Crippen LogP contribution in [0.1, 0.15) is 75.5 Å².